The summed E-state index contributed by atoms with van der Waals surface area (Å²) in [6.07, 6.45) is 0. The Kier molecular flexibility index (Phi) is 20.0. The first-order chi connectivity index (χ1) is 1.41. The molecule has 0 amide bonds. The molecule has 0 unspecified atom stereocenters. The van der Waals surface area contributed by atoms with Crippen molar-refractivity contribution in [2.45, 2.75) is 0 Å². The molecule has 0 atom stereocenters. The van der Waals surface area contributed by atoms with Crippen LogP contribution in [-0.4, -0.2) is 2.43 Å². The minimum atomic E-state index is 0. The lowest BCUT2D eigenvalue weighted by Gasteiger charge is -1.43. The molecule has 0 saturated carbocycles. The molecule has 0 fully saturated rings. The molecule has 3 heteroatoms. The third kappa shape index (κ3) is 9.93. The van der Waals surface area contributed by atoms with Gasteiger partial charge in [0.2, 0.25) is 0 Å². The molecule has 0 aliphatic rings. The Balaban J connectivity index is 0. The van der Waals surface area contributed by atoms with Gasteiger partial charge in [0.15, 0.2) is 0 Å². The van der Waals surface area contributed by atoms with E-state index in [0.29, 0.717) is 0 Å². The largest absolute Gasteiger partial charge is 0.344 e. The second-order valence-electron chi connectivity index (χ2n) is 0.101. The van der Waals surface area contributed by atoms with E-state index in [9.17, 15) is 0 Å². The lowest BCUT2D eigenvalue weighted by Crippen LogP contribution is -1.17. The molecule has 0 heterocycles. The third-order valence-electron chi connectivity index (χ3n) is 0. The topological polar surface area (TPSA) is 35.0 Å². The smallest absolute Gasteiger partial charge is 0.0516 e. The van der Waals surface area contributed by atoms with Crippen LogP contribution in [0.2, 0.25) is 0 Å². The van der Waals surface area contributed by atoms with E-state index in [1.54, 1.807) is 0 Å². The molecule has 0 aromatic heterocycles. The molecular weight excluding hydrogens is 280 g/mol. The predicted molar refractivity (Wildman–Crippen MR) is 37.9 cm³/mol. The summed E-state index contributed by atoms with van der Waals surface area (Å²) >= 11 is 4.55. The molecule has 4 heavy (non-hydrogen) atoms. The molecule has 0 rings (SSSR count). The number of halogens is 2. The van der Waals surface area contributed by atoms with Crippen molar-refractivity contribution in [3.8, 4) is 0 Å². The van der Waals surface area contributed by atoms with Crippen LogP contribution in [0, 0.1) is 0 Å². The van der Waals surface area contributed by atoms with Crippen molar-refractivity contribution in [2.75, 3.05) is 2.43 Å². The standard InChI is InChI=1S/CH2I2.H3N/c2-1-3;/h1H2;1H3. The molecule has 0 aromatic rings. The van der Waals surface area contributed by atoms with E-state index in [2.05, 4.69) is 45.2 Å². The highest BCUT2D eigenvalue weighted by Gasteiger charge is 1.40. The summed E-state index contributed by atoms with van der Waals surface area (Å²) in [6.45, 7) is 0. The maximum Gasteiger partial charge on any atom is 0.0516 e. The summed E-state index contributed by atoms with van der Waals surface area (Å²) in [5.41, 5.74) is 0. The highest BCUT2D eigenvalue weighted by molar-refractivity contribution is 14.2. The Bertz CT molecular complexity index is 6.00. The molecule has 0 aliphatic carbocycles. The summed E-state index contributed by atoms with van der Waals surface area (Å²) in [7, 11) is 0. The number of hydrogen-bond donors (Lipinski definition) is 1. The SMILES string of the molecule is ICI.N. The maximum atomic E-state index is 2.28. The highest BCUT2D eigenvalue weighted by Crippen LogP contribution is 1.86. The first kappa shape index (κ1) is 9.05. The molecule has 0 aromatic carbocycles. The minimum absolute atomic E-state index is 0. The summed E-state index contributed by atoms with van der Waals surface area (Å²) in [5.74, 6) is 0. The van der Waals surface area contributed by atoms with Crippen LogP contribution in [0.1, 0.15) is 0 Å². The van der Waals surface area contributed by atoms with Crippen LogP contribution in [0.15, 0.2) is 0 Å². The Labute approximate surface area is 53.4 Å². The van der Waals surface area contributed by atoms with Crippen molar-refractivity contribution >= 4 is 45.2 Å². The number of rotatable bonds is 0. The molecular formula is CH5I2N. The van der Waals surface area contributed by atoms with E-state index in [-0.39, 0.29) is 6.15 Å². The predicted octanol–water partition coefficient (Wildman–Crippen LogP) is 1.98. The van der Waals surface area contributed by atoms with E-state index in [4.69, 9.17) is 0 Å². The fourth-order valence-corrected chi connectivity index (χ4v) is 0. The van der Waals surface area contributed by atoms with Gasteiger partial charge in [0.1, 0.15) is 0 Å². The number of hydrogen-bond acceptors (Lipinski definition) is 1. The summed E-state index contributed by atoms with van der Waals surface area (Å²) < 4.78 is 1.19. The summed E-state index contributed by atoms with van der Waals surface area (Å²) in [5, 5.41) is 0. The van der Waals surface area contributed by atoms with Crippen LogP contribution in [0.5, 0.6) is 0 Å². The molecule has 0 bridgehead atoms. The van der Waals surface area contributed by atoms with Gasteiger partial charge in [0, 0.05) is 0 Å². The van der Waals surface area contributed by atoms with E-state index < -0.39 is 0 Å². The monoisotopic (exact) mass is 285 g/mol. The molecule has 0 radical (unpaired) electrons. The maximum absolute atomic E-state index is 2.28. The van der Waals surface area contributed by atoms with Gasteiger partial charge in [0.25, 0.3) is 0 Å². The van der Waals surface area contributed by atoms with Crippen molar-refractivity contribution in [2.24, 2.45) is 0 Å². The van der Waals surface area contributed by atoms with Crippen LogP contribution in [0.25, 0.3) is 0 Å². The van der Waals surface area contributed by atoms with Crippen LogP contribution >= 0.6 is 45.2 Å². The minimum Gasteiger partial charge on any atom is -0.344 e. The Morgan fingerprint density at radius 3 is 1.25 bits per heavy atom. The van der Waals surface area contributed by atoms with E-state index in [1.165, 1.54) is 2.43 Å². The van der Waals surface area contributed by atoms with E-state index >= 15 is 0 Å². The van der Waals surface area contributed by atoms with Gasteiger partial charge >= 0.3 is 0 Å². The average Bonchev–Trinajstić information content (AvgIpc) is 0.918. The van der Waals surface area contributed by atoms with Crippen molar-refractivity contribution in [3.05, 3.63) is 0 Å². The third-order valence-corrected chi connectivity index (χ3v) is 0. The van der Waals surface area contributed by atoms with Crippen LogP contribution in [0.3, 0.4) is 0 Å². The van der Waals surface area contributed by atoms with Gasteiger partial charge in [-0.05, 0) is 0 Å². The second kappa shape index (κ2) is 8.83. The van der Waals surface area contributed by atoms with Gasteiger partial charge in [-0.1, -0.05) is 45.2 Å². The first-order valence-electron chi connectivity index (χ1n) is 0.535. The van der Waals surface area contributed by atoms with Gasteiger partial charge < -0.3 is 6.15 Å². The van der Waals surface area contributed by atoms with Crippen LogP contribution in [-0.2, 0) is 0 Å². The molecule has 0 saturated heterocycles. The highest BCUT2D eigenvalue weighted by atomic mass is 127. The van der Waals surface area contributed by atoms with Gasteiger partial charge in [-0.15, -0.1) is 0 Å². The zero-order chi connectivity index (χ0) is 2.71. The van der Waals surface area contributed by atoms with Crippen molar-refractivity contribution in [1.82, 2.24) is 6.15 Å². The fraction of sp³-hybridized carbons (Fsp3) is 1.00. The van der Waals surface area contributed by atoms with Gasteiger partial charge in [0.05, 0.1) is 2.43 Å². The van der Waals surface area contributed by atoms with Crippen LogP contribution < -0.4 is 6.15 Å². The normalized spacial score (nSPS) is 4.50. The number of alkyl halides is 2. The Hall–Kier alpha value is 1.42. The molecule has 0 aliphatic heterocycles. The van der Waals surface area contributed by atoms with Gasteiger partial charge in [-0.2, -0.15) is 0 Å². The van der Waals surface area contributed by atoms with E-state index in [0.717, 1.165) is 0 Å². The quantitative estimate of drug-likeness (QED) is 0.536. The second-order valence-corrected chi connectivity index (χ2v) is 4.55. The zero-order valence-corrected chi connectivity index (χ0v) is 6.49. The summed E-state index contributed by atoms with van der Waals surface area (Å²) in [4.78, 5) is 0. The average molecular weight is 285 g/mol. The van der Waals surface area contributed by atoms with Crippen LogP contribution in [0.4, 0.5) is 0 Å². The van der Waals surface area contributed by atoms with Crippen molar-refractivity contribution < 1.29 is 0 Å². The fourth-order valence-electron chi connectivity index (χ4n) is 0. The Morgan fingerprint density at radius 2 is 1.25 bits per heavy atom. The Morgan fingerprint density at radius 1 is 1.25 bits per heavy atom. The molecule has 1 nitrogen and oxygen atoms in total. The van der Waals surface area contributed by atoms with Gasteiger partial charge in [-0.3, -0.25) is 0 Å². The zero-order valence-electron chi connectivity index (χ0n) is 2.17. The molecule has 3 N–H and O–H groups in total. The van der Waals surface area contributed by atoms with E-state index in [1.807, 2.05) is 0 Å². The van der Waals surface area contributed by atoms with Gasteiger partial charge in [-0.25, -0.2) is 0 Å². The molecule has 0 spiro atoms. The summed E-state index contributed by atoms with van der Waals surface area (Å²) in [6, 6.07) is 0. The molecule has 28 valence electrons. The van der Waals surface area contributed by atoms with Crippen molar-refractivity contribution in [3.63, 3.8) is 0 Å². The lowest BCUT2D eigenvalue weighted by molar-refractivity contribution is 2.13. The lowest BCUT2D eigenvalue weighted by atomic mass is 12.0. The first-order valence-corrected chi connectivity index (χ1v) is 3.59. The van der Waals surface area contributed by atoms with Crippen molar-refractivity contribution in [1.29, 1.82) is 0 Å².